The summed E-state index contributed by atoms with van der Waals surface area (Å²) in [4.78, 5) is 3.27. The van der Waals surface area contributed by atoms with E-state index in [1.165, 1.54) is 24.4 Å². The van der Waals surface area contributed by atoms with Gasteiger partial charge in [0.2, 0.25) is 0 Å². The maximum Gasteiger partial charge on any atom is 0.433 e. The summed E-state index contributed by atoms with van der Waals surface area (Å²) in [6, 6.07) is 2.50. The summed E-state index contributed by atoms with van der Waals surface area (Å²) in [5.74, 6) is 0.833. The van der Waals surface area contributed by atoms with Crippen LogP contribution in [0.2, 0.25) is 0 Å². The van der Waals surface area contributed by atoms with E-state index in [4.69, 9.17) is 0 Å². The van der Waals surface area contributed by atoms with Crippen LogP contribution in [0.5, 0.6) is 0 Å². The second kappa shape index (κ2) is 12.5. The molecule has 1 aromatic rings. The van der Waals surface area contributed by atoms with Crippen molar-refractivity contribution in [2.24, 2.45) is 10.3 Å². The molecule has 0 spiro atoms. The Kier molecular flexibility index (Phi) is 13.2. The van der Waals surface area contributed by atoms with E-state index in [9.17, 15) is 13.2 Å². The zero-order valence-corrected chi connectivity index (χ0v) is 15.3. The molecule has 128 valence electrons. The number of halogens is 3. The van der Waals surface area contributed by atoms with Gasteiger partial charge in [0.1, 0.15) is 5.69 Å². The van der Waals surface area contributed by atoms with E-state index in [1.807, 2.05) is 0 Å². The van der Waals surface area contributed by atoms with E-state index in [0.717, 1.165) is 18.2 Å². The van der Waals surface area contributed by atoms with Crippen molar-refractivity contribution in [2.45, 2.75) is 54.1 Å². The molecule has 0 fully saturated rings. The molecule has 6 heteroatoms. The summed E-state index contributed by atoms with van der Waals surface area (Å²) < 4.78 is 40.9. The smallest absolute Gasteiger partial charge is 0.252 e. The standard InChI is InChI=1S/C9H9F3N2S.C4H10.C3H8/c1-6(14-15-2)7-3-4-13-8(5-7)9(10,11)12;1-4(2)3;1-3-2/h3-5H,1-2H3;4H,1-3H3;3H2,1-2H3/b14-6+;;. The minimum atomic E-state index is -4.41. The van der Waals surface area contributed by atoms with Crippen molar-refractivity contribution >= 4 is 17.7 Å². The van der Waals surface area contributed by atoms with Crippen LogP contribution in [0.4, 0.5) is 13.2 Å². The number of pyridine rings is 1. The van der Waals surface area contributed by atoms with Crippen LogP contribution < -0.4 is 0 Å². The van der Waals surface area contributed by atoms with Crippen LogP contribution in [0.15, 0.2) is 22.7 Å². The Labute approximate surface area is 136 Å². The van der Waals surface area contributed by atoms with Crippen molar-refractivity contribution in [3.05, 3.63) is 29.6 Å². The van der Waals surface area contributed by atoms with E-state index in [2.05, 4.69) is 44.0 Å². The van der Waals surface area contributed by atoms with Crippen molar-refractivity contribution in [3.8, 4) is 0 Å². The molecule has 0 aliphatic rings. The zero-order valence-electron chi connectivity index (χ0n) is 14.5. The fourth-order valence-corrected chi connectivity index (χ4v) is 1.38. The molecule has 1 rings (SSSR count). The second-order valence-electron chi connectivity index (χ2n) is 5.23. The first-order valence-electron chi connectivity index (χ1n) is 7.21. The van der Waals surface area contributed by atoms with Crippen molar-refractivity contribution in [2.75, 3.05) is 6.26 Å². The molecule has 0 amide bonds. The Morgan fingerprint density at radius 1 is 1.27 bits per heavy atom. The monoisotopic (exact) mass is 336 g/mol. The minimum Gasteiger partial charge on any atom is -0.252 e. The van der Waals surface area contributed by atoms with Crippen molar-refractivity contribution in [3.63, 3.8) is 0 Å². The molecule has 0 aliphatic carbocycles. The summed E-state index contributed by atoms with van der Waals surface area (Å²) >= 11 is 1.20. The molecule has 0 aliphatic heterocycles. The zero-order chi connectivity index (χ0) is 17.8. The third-order valence-electron chi connectivity index (χ3n) is 1.70. The summed E-state index contributed by atoms with van der Waals surface area (Å²) in [6.07, 6.45) is -0.275. The van der Waals surface area contributed by atoms with E-state index in [-0.39, 0.29) is 0 Å². The van der Waals surface area contributed by atoms with Crippen LogP contribution >= 0.6 is 11.9 Å². The van der Waals surface area contributed by atoms with Crippen LogP contribution in [-0.2, 0) is 6.18 Å². The van der Waals surface area contributed by atoms with Gasteiger partial charge in [-0.25, -0.2) is 4.40 Å². The molecule has 0 saturated carbocycles. The van der Waals surface area contributed by atoms with Gasteiger partial charge in [0.15, 0.2) is 0 Å². The van der Waals surface area contributed by atoms with Gasteiger partial charge < -0.3 is 0 Å². The molecule has 0 bridgehead atoms. The van der Waals surface area contributed by atoms with Crippen LogP contribution in [-0.4, -0.2) is 17.0 Å². The van der Waals surface area contributed by atoms with Gasteiger partial charge in [0.25, 0.3) is 0 Å². The summed E-state index contributed by atoms with van der Waals surface area (Å²) in [5, 5.41) is 0. The minimum absolute atomic E-state index is 0.437. The number of alkyl halides is 3. The molecular formula is C16H27F3N2S. The van der Waals surface area contributed by atoms with Crippen molar-refractivity contribution < 1.29 is 13.2 Å². The Hall–Kier alpha value is -1.04. The number of aromatic nitrogens is 1. The maximum atomic E-state index is 12.3. The van der Waals surface area contributed by atoms with Crippen LogP contribution in [0.25, 0.3) is 0 Å². The third-order valence-corrected chi connectivity index (χ3v) is 2.15. The Morgan fingerprint density at radius 2 is 1.73 bits per heavy atom. The number of hydrogen-bond acceptors (Lipinski definition) is 3. The lowest BCUT2D eigenvalue weighted by Gasteiger charge is -2.06. The lowest BCUT2D eigenvalue weighted by atomic mass is 10.1. The van der Waals surface area contributed by atoms with E-state index in [1.54, 1.807) is 13.2 Å². The maximum absolute atomic E-state index is 12.3. The lowest BCUT2D eigenvalue weighted by molar-refractivity contribution is -0.141. The predicted molar refractivity (Wildman–Crippen MR) is 91.4 cm³/mol. The van der Waals surface area contributed by atoms with Gasteiger partial charge in [-0.15, -0.1) is 0 Å². The fourth-order valence-electron chi connectivity index (χ4n) is 1.00. The molecule has 0 aromatic carbocycles. The van der Waals surface area contributed by atoms with Gasteiger partial charge in [0, 0.05) is 12.5 Å². The first-order chi connectivity index (χ1) is 10.1. The molecule has 1 heterocycles. The largest absolute Gasteiger partial charge is 0.433 e. The molecule has 22 heavy (non-hydrogen) atoms. The molecule has 1 aromatic heterocycles. The highest BCUT2D eigenvalue weighted by Crippen LogP contribution is 2.27. The number of rotatable bonds is 2. The number of nitrogens with zero attached hydrogens (tertiary/aromatic N) is 2. The van der Waals surface area contributed by atoms with Gasteiger partial charge in [0.05, 0.1) is 5.71 Å². The number of hydrogen-bond donors (Lipinski definition) is 0. The summed E-state index contributed by atoms with van der Waals surface area (Å²) in [7, 11) is 0. The highest BCUT2D eigenvalue weighted by Gasteiger charge is 2.32. The normalized spacial score (nSPS) is 11.3. The molecule has 0 unspecified atom stereocenters. The lowest BCUT2D eigenvalue weighted by Crippen LogP contribution is -2.09. The first kappa shape index (κ1) is 23.2. The quantitative estimate of drug-likeness (QED) is 0.470. The molecule has 0 radical (unpaired) electrons. The van der Waals surface area contributed by atoms with Gasteiger partial charge >= 0.3 is 6.18 Å². The molecular weight excluding hydrogens is 309 g/mol. The fraction of sp³-hybridized carbons (Fsp3) is 0.625. The summed E-state index contributed by atoms with van der Waals surface area (Å²) in [5.41, 5.74) is 0.0951. The molecule has 2 nitrogen and oxygen atoms in total. The van der Waals surface area contributed by atoms with Gasteiger partial charge in [-0.3, -0.25) is 4.98 Å². The van der Waals surface area contributed by atoms with Gasteiger partial charge in [-0.1, -0.05) is 41.0 Å². The third kappa shape index (κ3) is 12.7. The molecule has 0 atom stereocenters. The average molecular weight is 336 g/mol. The molecule has 0 saturated heterocycles. The van der Waals surface area contributed by atoms with Gasteiger partial charge in [-0.2, -0.15) is 13.2 Å². The van der Waals surface area contributed by atoms with Crippen molar-refractivity contribution in [1.82, 2.24) is 4.98 Å². The first-order valence-corrected chi connectivity index (χ1v) is 8.39. The van der Waals surface area contributed by atoms with E-state index in [0.29, 0.717) is 11.3 Å². The van der Waals surface area contributed by atoms with Crippen LogP contribution in [0.3, 0.4) is 0 Å². The highest BCUT2D eigenvalue weighted by molar-refractivity contribution is 7.97. The summed E-state index contributed by atoms with van der Waals surface area (Å²) in [6.45, 7) is 12.4. The van der Waals surface area contributed by atoms with Crippen molar-refractivity contribution in [1.29, 1.82) is 0 Å². The molecule has 0 N–H and O–H groups in total. The van der Waals surface area contributed by atoms with E-state index >= 15 is 0 Å². The van der Waals surface area contributed by atoms with Crippen LogP contribution in [0.1, 0.15) is 59.2 Å². The van der Waals surface area contributed by atoms with Gasteiger partial charge in [-0.05, 0) is 42.5 Å². The Morgan fingerprint density at radius 3 is 2.09 bits per heavy atom. The van der Waals surface area contributed by atoms with E-state index < -0.39 is 11.9 Å². The second-order valence-corrected chi connectivity index (χ2v) is 5.77. The Balaban J connectivity index is 0. The topological polar surface area (TPSA) is 25.2 Å². The predicted octanol–water partition coefficient (Wildman–Crippen LogP) is 6.27. The van der Waals surface area contributed by atoms with Crippen LogP contribution in [0, 0.1) is 5.92 Å². The average Bonchev–Trinajstić information content (AvgIpc) is 2.38. The highest BCUT2D eigenvalue weighted by atomic mass is 32.2. The SMILES string of the molecule is CC(C)C.CCC.CS/N=C(\C)c1ccnc(C(F)(F)F)c1. The Bertz CT molecular complexity index is 427.